The van der Waals surface area contributed by atoms with E-state index in [4.69, 9.17) is 10.2 Å². The number of hydrogen-bond donors (Lipinski definition) is 2. The SMILES string of the molecule is CC(=O)OC[C@@H](O)C[C@@H](C)O. The Morgan fingerprint density at radius 1 is 1.55 bits per heavy atom. The van der Waals surface area contributed by atoms with E-state index in [0.717, 1.165) is 0 Å². The first-order valence-corrected chi connectivity index (χ1v) is 3.52. The molecule has 2 N–H and O–H groups in total. The van der Waals surface area contributed by atoms with Gasteiger partial charge in [-0.05, 0) is 6.92 Å². The van der Waals surface area contributed by atoms with Crippen molar-refractivity contribution in [2.45, 2.75) is 32.5 Å². The number of ether oxygens (including phenoxy) is 1. The average molecular weight is 162 g/mol. The maximum absolute atomic E-state index is 10.2. The third kappa shape index (κ3) is 7.29. The van der Waals surface area contributed by atoms with Gasteiger partial charge in [-0.1, -0.05) is 0 Å². The van der Waals surface area contributed by atoms with Crippen LogP contribution < -0.4 is 0 Å². The Morgan fingerprint density at radius 2 is 2.09 bits per heavy atom. The van der Waals surface area contributed by atoms with Gasteiger partial charge in [0.1, 0.15) is 6.61 Å². The topological polar surface area (TPSA) is 66.8 Å². The highest BCUT2D eigenvalue weighted by Crippen LogP contribution is 1.97. The minimum absolute atomic E-state index is 0.0414. The molecule has 0 aliphatic heterocycles. The molecule has 0 unspecified atom stereocenters. The van der Waals surface area contributed by atoms with Crippen molar-refractivity contribution in [1.29, 1.82) is 0 Å². The maximum atomic E-state index is 10.2. The predicted octanol–water partition coefficient (Wildman–Crippen LogP) is -0.319. The highest BCUT2D eigenvalue weighted by Gasteiger charge is 2.08. The Hall–Kier alpha value is -0.610. The molecule has 2 atom stereocenters. The molecule has 66 valence electrons. The van der Waals surface area contributed by atoms with Crippen LogP contribution in [0.1, 0.15) is 20.3 Å². The van der Waals surface area contributed by atoms with Crippen LogP contribution in [0.2, 0.25) is 0 Å². The molecule has 0 heterocycles. The van der Waals surface area contributed by atoms with Gasteiger partial charge in [-0.25, -0.2) is 0 Å². The van der Waals surface area contributed by atoms with Gasteiger partial charge in [0.25, 0.3) is 0 Å². The van der Waals surface area contributed by atoms with Crippen LogP contribution in [0.4, 0.5) is 0 Å². The number of carbonyl (C=O) groups is 1. The molecule has 0 saturated carbocycles. The van der Waals surface area contributed by atoms with Crippen molar-refractivity contribution < 1.29 is 19.7 Å². The molecule has 0 bridgehead atoms. The van der Waals surface area contributed by atoms with Gasteiger partial charge in [0.05, 0.1) is 12.2 Å². The first kappa shape index (κ1) is 10.4. The van der Waals surface area contributed by atoms with Crippen molar-refractivity contribution in [3.05, 3.63) is 0 Å². The zero-order valence-electron chi connectivity index (χ0n) is 6.78. The lowest BCUT2D eigenvalue weighted by Gasteiger charge is -2.11. The van der Waals surface area contributed by atoms with Crippen molar-refractivity contribution in [1.82, 2.24) is 0 Å². The van der Waals surface area contributed by atoms with Crippen LogP contribution in [-0.2, 0) is 9.53 Å². The van der Waals surface area contributed by atoms with Crippen molar-refractivity contribution in [3.8, 4) is 0 Å². The van der Waals surface area contributed by atoms with Crippen LogP contribution in [0.3, 0.4) is 0 Å². The maximum Gasteiger partial charge on any atom is 0.302 e. The summed E-state index contributed by atoms with van der Waals surface area (Å²) in [5, 5.41) is 17.8. The lowest BCUT2D eigenvalue weighted by atomic mass is 10.2. The minimum atomic E-state index is -0.765. The van der Waals surface area contributed by atoms with Crippen LogP contribution in [0.15, 0.2) is 0 Å². The molecule has 0 aliphatic rings. The number of esters is 1. The van der Waals surface area contributed by atoms with Crippen LogP contribution in [0, 0.1) is 0 Å². The molecule has 0 rings (SSSR count). The second-order valence-corrected chi connectivity index (χ2v) is 2.54. The third-order valence-corrected chi connectivity index (χ3v) is 1.09. The van der Waals surface area contributed by atoms with Gasteiger partial charge >= 0.3 is 5.97 Å². The van der Waals surface area contributed by atoms with E-state index in [0.29, 0.717) is 0 Å². The molecule has 4 nitrogen and oxygen atoms in total. The Labute approximate surface area is 65.8 Å². The fourth-order valence-electron chi connectivity index (χ4n) is 0.675. The van der Waals surface area contributed by atoms with Crippen molar-refractivity contribution in [2.75, 3.05) is 6.61 Å². The van der Waals surface area contributed by atoms with Crippen LogP contribution in [0.25, 0.3) is 0 Å². The Kier molecular flexibility index (Phi) is 4.81. The standard InChI is InChI=1S/C7H14O4/c1-5(8)3-7(10)4-11-6(2)9/h5,7-8,10H,3-4H2,1-2H3/t5-,7+/m1/s1. The molecule has 0 aromatic carbocycles. The summed E-state index contributed by atoms with van der Waals surface area (Å²) in [6, 6.07) is 0. The number of aliphatic hydroxyl groups excluding tert-OH is 2. The second kappa shape index (κ2) is 5.09. The van der Waals surface area contributed by atoms with E-state index in [-0.39, 0.29) is 13.0 Å². The van der Waals surface area contributed by atoms with Gasteiger partial charge in [-0.2, -0.15) is 0 Å². The molecule has 0 aliphatic carbocycles. The van der Waals surface area contributed by atoms with Crippen molar-refractivity contribution >= 4 is 5.97 Å². The summed E-state index contributed by atoms with van der Waals surface area (Å²) in [5.74, 6) is -0.422. The predicted molar refractivity (Wildman–Crippen MR) is 38.9 cm³/mol. The van der Waals surface area contributed by atoms with Crippen molar-refractivity contribution in [3.63, 3.8) is 0 Å². The third-order valence-electron chi connectivity index (χ3n) is 1.09. The molecule has 0 saturated heterocycles. The highest BCUT2D eigenvalue weighted by molar-refractivity contribution is 5.65. The average Bonchev–Trinajstić information content (AvgIpc) is 1.82. The normalized spacial score (nSPS) is 15.6. The lowest BCUT2D eigenvalue weighted by molar-refractivity contribution is -0.144. The summed E-state index contributed by atoms with van der Waals surface area (Å²) in [4.78, 5) is 10.2. The first-order chi connectivity index (χ1) is 5.02. The summed E-state index contributed by atoms with van der Waals surface area (Å²) in [5.41, 5.74) is 0. The summed E-state index contributed by atoms with van der Waals surface area (Å²) in [7, 11) is 0. The number of carbonyl (C=O) groups excluding carboxylic acids is 1. The molecular weight excluding hydrogens is 148 g/mol. The van der Waals surface area contributed by atoms with Gasteiger partial charge in [0.2, 0.25) is 0 Å². The van der Waals surface area contributed by atoms with E-state index in [1.54, 1.807) is 6.92 Å². The number of hydrogen-bond acceptors (Lipinski definition) is 4. The summed E-state index contributed by atoms with van der Waals surface area (Å²) >= 11 is 0. The number of rotatable bonds is 4. The molecule has 4 heteroatoms. The largest absolute Gasteiger partial charge is 0.463 e. The molecule has 0 fully saturated rings. The van der Waals surface area contributed by atoms with Gasteiger partial charge in [0, 0.05) is 13.3 Å². The zero-order chi connectivity index (χ0) is 8.85. The minimum Gasteiger partial charge on any atom is -0.463 e. The van der Waals surface area contributed by atoms with Gasteiger partial charge in [-0.15, -0.1) is 0 Å². The Bertz CT molecular complexity index is 122. The first-order valence-electron chi connectivity index (χ1n) is 3.52. The van der Waals surface area contributed by atoms with E-state index < -0.39 is 18.2 Å². The van der Waals surface area contributed by atoms with Gasteiger partial charge in [-0.3, -0.25) is 4.79 Å². The van der Waals surface area contributed by atoms with E-state index in [2.05, 4.69) is 4.74 Å². The molecule has 0 spiro atoms. The molecule has 0 aromatic rings. The smallest absolute Gasteiger partial charge is 0.302 e. The monoisotopic (exact) mass is 162 g/mol. The van der Waals surface area contributed by atoms with Crippen LogP contribution in [-0.4, -0.2) is 35.0 Å². The summed E-state index contributed by atoms with van der Waals surface area (Å²) < 4.78 is 4.50. The van der Waals surface area contributed by atoms with Gasteiger partial charge in [0.15, 0.2) is 0 Å². The van der Waals surface area contributed by atoms with Gasteiger partial charge < -0.3 is 14.9 Å². The summed E-state index contributed by atoms with van der Waals surface area (Å²) in [6.45, 7) is 2.80. The van der Waals surface area contributed by atoms with Crippen LogP contribution in [0.5, 0.6) is 0 Å². The van der Waals surface area contributed by atoms with E-state index >= 15 is 0 Å². The second-order valence-electron chi connectivity index (χ2n) is 2.54. The van der Waals surface area contributed by atoms with Crippen molar-refractivity contribution in [2.24, 2.45) is 0 Å². The Balaban J connectivity index is 3.37. The molecular formula is C7H14O4. The lowest BCUT2D eigenvalue weighted by Crippen LogP contribution is -2.21. The highest BCUT2D eigenvalue weighted by atomic mass is 16.5. The van der Waals surface area contributed by atoms with E-state index in [1.165, 1.54) is 6.92 Å². The molecule has 0 aromatic heterocycles. The fraction of sp³-hybridized carbons (Fsp3) is 0.857. The fourth-order valence-corrected chi connectivity index (χ4v) is 0.675. The number of aliphatic hydroxyl groups is 2. The van der Waals surface area contributed by atoms with E-state index in [1.807, 2.05) is 0 Å². The molecule has 0 amide bonds. The summed E-state index contributed by atoms with van der Waals surface area (Å²) in [6.07, 6.45) is -1.10. The van der Waals surface area contributed by atoms with Crippen LogP contribution >= 0.6 is 0 Å². The molecule has 11 heavy (non-hydrogen) atoms. The zero-order valence-corrected chi connectivity index (χ0v) is 6.78. The quantitative estimate of drug-likeness (QED) is 0.556. The molecule has 0 radical (unpaired) electrons. The van der Waals surface area contributed by atoms with E-state index in [9.17, 15) is 4.79 Å². The Morgan fingerprint density at radius 3 is 2.45 bits per heavy atom.